The molecule has 138 valence electrons. The van der Waals surface area contributed by atoms with Crippen molar-refractivity contribution in [3.63, 3.8) is 0 Å². The van der Waals surface area contributed by atoms with E-state index in [4.69, 9.17) is 4.74 Å². The highest BCUT2D eigenvalue weighted by Crippen LogP contribution is 2.29. The molecule has 2 fully saturated rings. The van der Waals surface area contributed by atoms with Gasteiger partial charge in [-0.15, -0.1) is 0 Å². The molecule has 2 aliphatic rings. The first kappa shape index (κ1) is 17.5. The summed E-state index contributed by atoms with van der Waals surface area (Å²) in [5.74, 6) is 0.996. The van der Waals surface area contributed by atoms with Gasteiger partial charge in [0.15, 0.2) is 0 Å². The molecular weight excluding hydrogens is 322 g/mol. The number of piperazine rings is 1. The highest BCUT2D eigenvalue weighted by molar-refractivity contribution is 5.65. The lowest BCUT2D eigenvalue weighted by molar-refractivity contribution is 0.170. The molecule has 4 nitrogen and oxygen atoms in total. The minimum Gasteiger partial charge on any atom is -0.496 e. The van der Waals surface area contributed by atoms with Gasteiger partial charge in [0.2, 0.25) is 0 Å². The summed E-state index contributed by atoms with van der Waals surface area (Å²) in [5.41, 5.74) is 3.81. The Kier molecular flexibility index (Phi) is 5.54. The zero-order chi connectivity index (χ0) is 17.8. The average Bonchev–Trinajstić information content (AvgIpc) is 3.18. The number of hydrogen-bond donors (Lipinski definition) is 1. The van der Waals surface area contributed by atoms with E-state index in [0.29, 0.717) is 6.04 Å². The van der Waals surface area contributed by atoms with Crippen molar-refractivity contribution in [2.24, 2.45) is 0 Å². The molecule has 2 aromatic rings. The maximum Gasteiger partial charge on any atom is 0.123 e. The normalized spacial score (nSPS) is 21.8. The molecule has 0 aliphatic carbocycles. The number of methoxy groups -OCH3 is 1. The van der Waals surface area contributed by atoms with Crippen LogP contribution in [0.4, 0.5) is 0 Å². The number of likely N-dealkylation sites (tertiary alicyclic amines) is 1. The van der Waals surface area contributed by atoms with Gasteiger partial charge in [0.05, 0.1) is 7.11 Å². The molecule has 2 saturated heterocycles. The minimum atomic E-state index is 0.709. The van der Waals surface area contributed by atoms with Crippen molar-refractivity contribution in [2.45, 2.75) is 19.0 Å². The Morgan fingerprint density at radius 3 is 2.58 bits per heavy atom. The van der Waals surface area contributed by atoms with Crippen LogP contribution in [0.3, 0.4) is 0 Å². The van der Waals surface area contributed by atoms with Gasteiger partial charge in [0.25, 0.3) is 0 Å². The van der Waals surface area contributed by atoms with Crippen LogP contribution < -0.4 is 10.1 Å². The first-order chi connectivity index (χ1) is 12.8. The maximum atomic E-state index is 5.64. The topological polar surface area (TPSA) is 27.7 Å². The molecule has 0 spiro atoms. The molecule has 2 aromatic carbocycles. The van der Waals surface area contributed by atoms with Gasteiger partial charge in [-0.1, -0.05) is 36.4 Å². The lowest BCUT2D eigenvalue weighted by Gasteiger charge is -2.32. The molecule has 1 unspecified atom stereocenters. The highest BCUT2D eigenvalue weighted by atomic mass is 16.5. The largest absolute Gasteiger partial charge is 0.496 e. The van der Waals surface area contributed by atoms with Crippen LogP contribution in [0.15, 0.2) is 48.5 Å². The molecule has 0 bridgehead atoms. The molecule has 0 radical (unpaired) electrons. The second kappa shape index (κ2) is 8.21. The van der Waals surface area contributed by atoms with Crippen LogP contribution in [0.25, 0.3) is 11.1 Å². The number of benzene rings is 2. The van der Waals surface area contributed by atoms with Gasteiger partial charge in [0.1, 0.15) is 5.75 Å². The Bertz CT molecular complexity index is 713. The van der Waals surface area contributed by atoms with Gasteiger partial charge < -0.3 is 10.1 Å². The quantitative estimate of drug-likeness (QED) is 0.896. The van der Waals surface area contributed by atoms with E-state index >= 15 is 0 Å². The van der Waals surface area contributed by atoms with Gasteiger partial charge in [-0.05, 0) is 29.7 Å². The van der Waals surface area contributed by atoms with Gasteiger partial charge in [0, 0.05) is 57.4 Å². The number of rotatable bonds is 5. The second-order valence-corrected chi connectivity index (χ2v) is 7.36. The third-order valence-corrected chi connectivity index (χ3v) is 5.70. The molecule has 0 amide bonds. The van der Waals surface area contributed by atoms with Crippen LogP contribution in [0.2, 0.25) is 0 Å². The van der Waals surface area contributed by atoms with E-state index in [2.05, 4.69) is 63.6 Å². The Balaban J connectivity index is 1.47. The summed E-state index contributed by atoms with van der Waals surface area (Å²) in [4.78, 5) is 5.24. The van der Waals surface area contributed by atoms with E-state index in [1.54, 1.807) is 7.11 Å². The van der Waals surface area contributed by atoms with Crippen LogP contribution in [-0.2, 0) is 6.54 Å². The fourth-order valence-electron chi connectivity index (χ4n) is 4.25. The van der Waals surface area contributed by atoms with Crippen LogP contribution >= 0.6 is 0 Å². The lowest BCUT2D eigenvalue weighted by Crippen LogP contribution is -2.49. The number of nitrogens with zero attached hydrogens (tertiary/aromatic N) is 2. The zero-order valence-corrected chi connectivity index (χ0v) is 15.7. The van der Waals surface area contributed by atoms with E-state index in [-0.39, 0.29) is 0 Å². The van der Waals surface area contributed by atoms with E-state index in [1.165, 1.54) is 49.3 Å². The van der Waals surface area contributed by atoms with Crippen LogP contribution in [0.1, 0.15) is 12.0 Å². The van der Waals surface area contributed by atoms with Crippen LogP contribution in [-0.4, -0.2) is 62.2 Å². The third-order valence-electron chi connectivity index (χ3n) is 5.70. The summed E-state index contributed by atoms with van der Waals surface area (Å²) in [7, 11) is 1.77. The number of hydrogen-bond acceptors (Lipinski definition) is 4. The zero-order valence-electron chi connectivity index (χ0n) is 15.7. The van der Waals surface area contributed by atoms with Gasteiger partial charge in [-0.2, -0.15) is 0 Å². The molecule has 26 heavy (non-hydrogen) atoms. The summed E-state index contributed by atoms with van der Waals surface area (Å²) < 4.78 is 5.64. The van der Waals surface area contributed by atoms with Crippen molar-refractivity contribution in [1.29, 1.82) is 0 Å². The number of nitrogens with one attached hydrogen (secondary N) is 1. The summed E-state index contributed by atoms with van der Waals surface area (Å²) in [6.45, 7) is 7.93. The highest BCUT2D eigenvalue weighted by Gasteiger charge is 2.28. The predicted octanol–water partition coefficient (Wildman–Crippen LogP) is 2.84. The van der Waals surface area contributed by atoms with E-state index in [0.717, 1.165) is 25.4 Å². The fraction of sp³-hybridized carbons (Fsp3) is 0.455. The van der Waals surface area contributed by atoms with Crippen LogP contribution in [0.5, 0.6) is 5.75 Å². The SMILES string of the molecule is COc1ccc(-c2ccccc2)cc1CN1CCC(N2CCNCC2)C1. The second-order valence-electron chi connectivity index (χ2n) is 7.36. The standard InChI is InChI=1S/C22H29N3O/c1-26-22-8-7-19(18-5-3-2-4-6-18)15-20(22)16-24-12-9-21(17-24)25-13-10-23-11-14-25/h2-8,15,21,23H,9-14,16-17H2,1H3. The van der Waals surface area contributed by atoms with Crippen molar-refractivity contribution in [3.05, 3.63) is 54.1 Å². The Morgan fingerprint density at radius 2 is 1.81 bits per heavy atom. The molecule has 0 aromatic heterocycles. The maximum absolute atomic E-state index is 5.64. The Hall–Kier alpha value is -1.88. The molecule has 1 atom stereocenters. The molecular formula is C22H29N3O. The molecule has 2 heterocycles. The molecule has 4 heteroatoms. The molecule has 2 aliphatic heterocycles. The predicted molar refractivity (Wildman–Crippen MR) is 107 cm³/mol. The fourth-order valence-corrected chi connectivity index (χ4v) is 4.25. The summed E-state index contributed by atoms with van der Waals surface area (Å²) in [6.07, 6.45) is 1.28. The van der Waals surface area contributed by atoms with E-state index < -0.39 is 0 Å². The van der Waals surface area contributed by atoms with Crippen molar-refractivity contribution >= 4 is 0 Å². The van der Waals surface area contributed by atoms with Crippen LogP contribution in [0, 0.1) is 0 Å². The van der Waals surface area contributed by atoms with Crippen molar-refractivity contribution < 1.29 is 4.74 Å². The van der Waals surface area contributed by atoms with Gasteiger partial charge >= 0.3 is 0 Å². The number of ether oxygens (including phenoxy) is 1. The summed E-state index contributed by atoms with van der Waals surface area (Å²) >= 11 is 0. The average molecular weight is 351 g/mol. The summed E-state index contributed by atoms with van der Waals surface area (Å²) in [5, 5.41) is 3.45. The monoisotopic (exact) mass is 351 g/mol. The Morgan fingerprint density at radius 1 is 1.00 bits per heavy atom. The van der Waals surface area contributed by atoms with Crippen molar-refractivity contribution in [2.75, 3.05) is 46.4 Å². The first-order valence-electron chi connectivity index (χ1n) is 9.73. The Labute approximate surface area is 156 Å². The van der Waals surface area contributed by atoms with Gasteiger partial charge in [-0.3, -0.25) is 9.80 Å². The smallest absolute Gasteiger partial charge is 0.123 e. The summed E-state index contributed by atoms with van der Waals surface area (Å²) in [6, 6.07) is 17.9. The minimum absolute atomic E-state index is 0.709. The molecule has 0 saturated carbocycles. The van der Waals surface area contributed by atoms with E-state index in [1.807, 2.05) is 0 Å². The first-order valence-corrected chi connectivity index (χ1v) is 9.73. The van der Waals surface area contributed by atoms with Crippen molar-refractivity contribution in [1.82, 2.24) is 15.1 Å². The molecule has 1 N–H and O–H groups in total. The van der Waals surface area contributed by atoms with Crippen molar-refractivity contribution in [3.8, 4) is 16.9 Å². The van der Waals surface area contributed by atoms with E-state index in [9.17, 15) is 0 Å². The lowest BCUT2D eigenvalue weighted by atomic mass is 10.0. The third kappa shape index (κ3) is 3.93. The van der Waals surface area contributed by atoms with Gasteiger partial charge in [-0.25, -0.2) is 0 Å². The molecule has 4 rings (SSSR count).